The van der Waals surface area contributed by atoms with Gasteiger partial charge in [0.1, 0.15) is 5.56 Å². The van der Waals surface area contributed by atoms with Crippen LogP contribution in [0.5, 0.6) is 0 Å². The van der Waals surface area contributed by atoms with Crippen LogP contribution in [0.25, 0.3) is 6.08 Å². The summed E-state index contributed by atoms with van der Waals surface area (Å²) >= 11 is 0. The Bertz CT molecular complexity index is 903. The SMILES string of the molecule is O=C(c1ccccc1)c1cc(C=CC2CCCN2CC2CC2)ccc1[N+](=O)[O-]. The smallest absolute Gasteiger partial charge is 0.280 e. The maximum Gasteiger partial charge on any atom is 0.280 e. The van der Waals surface area contributed by atoms with Crippen molar-refractivity contribution in [2.24, 2.45) is 5.92 Å². The molecule has 2 aromatic carbocycles. The average Bonchev–Trinajstić information content (AvgIpc) is 3.43. The van der Waals surface area contributed by atoms with Crippen molar-refractivity contribution in [3.63, 3.8) is 0 Å². The zero-order chi connectivity index (χ0) is 19.5. The second-order valence-corrected chi connectivity index (χ2v) is 7.74. The van der Waals surface area contributed by atoms with E-state index >= 15 is 0 Å². The van der Waals surface area contributed by atoms with Gasteiger partial charge in [-0.1, -0.05) is 42.5 Å². The molecular formula is C23H24N2O3. The van der Waals surface area contributed by atoms with Crippen LogP contribution in [-0.2, 0) is 0 Å². The largest absolute Gasteiger partial charge is 0.297 e. The van der Waals surface area contributed by atoms with Gasteiger partial charge in [0.25, 0.3) is 5.69 Å². The molecule has 28 heavy (non-hydrogen) atoms. The van der Waals surface area contributed by atoms with Crippen molar-refractivity contribution in [2.75, 3.05) is 13.1 Å². The Labute approximate surface area is 164 Å². The van der Waals surface area contributed by atoms with Gasteiger partial charge < -0.3 is 0 Å². The van der Waals surface area contributed by atoms with E-state index in [4.69, 9.17) is 0 Å². The Hall–Kier alpha value is -2.79. The van der Waals surface area contributed by atoms with E-state index < -0.39 is 4.92 Å². The molecule has 1 saturated carbocycles. The standard InChI is InChI=1S/C23H24N2O3/c26-23(19-5-2-1-3-6-19)21-15-17(11-13-22(21)25(27)28)10-12-20-7-4-14-24(20)16-18-8-9-18/h1-3,5-6,10-13,15,18,20H,4,7-9,14,16H2. The van der Waals surface area contributed by atoms with Crippen LogP contribution < -0.4 is 0 Å². The van der Waals surface area contributed by atoms with Gasteiger partial charge in [0.2, 0.25) is 0 Å². The summed E-state index contributed by atoms with van der Waals surface area (Å²) in [4.78, 5) is 26.3. The highest BCUT2D eigenvalue weighted by Gasteiger charge is 2.29. The number of nitrogens with zero attached hydrogens (tertiary/aromatic N) is 2. The molecule has 2 aromatic rings. The number of carbonyl (C=O) groups is 1. The zero-order valence-electron chi connectivity index (χ0n) is 15.8. The van der Waals surface area contributed by atoms with Crippen LogP contribution in [0.4, 0.5) is 5.69 Å². The van der Waals surface area contributed by atoms with Gasteiger partial charge in [-0.15, -0.1) is 0 Å². The number of benzene rings is 2. The molecule has 1 aliphatic heterocycles. The molecule has 1 unspecified atom stereocenters. The lowest BCUT2D eigenvalue weighted by molar-refractivity contribution is -0.385. The molecule has 0 bridgehead atoms. The molecular weight excluding hydrogens is 352 g/mol. The first-order valence-corrected chi connectivity index (χ1v) is 9.92. The maximum absolute atomic E-state index is 12.8. The monoisotopic (exact) mass is 376 g/mol. The fourth-order valence-corrected chi connectivity index (χ4v) is 3.89. The van der Waals surface area contributed by atoms with Crippen LogP contribution in [0.1, 0.15) is 47.2 Å². The number of nitro groups is 1. The Morgan fingerprint density at radius 2 is 1.93 bits per heavy atom. The lowest BCUT2D eigenvalue weighted by atomic mass is 9.99. The summed E-state index contributed by atoms with van der Waals surface area (Å²) in [6.07, 6.45) is 9.24. The summed E-state index contributed by atoms with van der Waals surface area (Å²) < 4.78 is 0. The molecule has 0 spiro atoms. The van der Waals surface area contributed by atoms with Gasteiger partial charge in [-0.05, 0) is 55.8 Å². The van der Waals surface area contributed by atoms with E-state index in [-0.39, 0.29) is 17.0 Å². The van der Waals surface area contributed by atoms with E-state index in [1.165, 1.54) is 31.9 Å². The van der Waals surface area contributed by atoms with Crippen LogP contribution in [0.15, 0.2) is 54.6 Å². The molecule has 0 aromatic heterocycles. The van der Waals surface area contributed by atoms with Gasteiger partial charge >= 0.3 is 0 Å². The van der Waals surface area contributed by atoms with Gasteiger partial charge in [-0.2, -0.15) is 0 Å². The summed E-state index contributed by atoms with van der Waals surface area (Å²) in [5.74, 6) is 0.544. The fraction of sp³-hybridized carbons (Fsp3) is 0.348. The molecule has 1 aliphatic carbocycles. The molecule has 5 heteroatoms. The van der Waals surface area contributed by atoms with Gasteiger partial charge in [0, 0.05) is 24.2 Å². The second kappa shape index (κ2) is 8.07. The number of hydrogen-bond acceptors (Lipinski definition) is 4. The third-order valence-corrected chi connectivity index (χ3v) is 5.61. The predicted octanol–water partition coefficient (Wildman–Crippen LogP) is 4.71. The highest BCUT2D eigenvalue weighted by molar-refractivity contribution is 6.11. The topological polar surface area (TPSA) is 63.5 Å². The first kappa shape index (κ1) is 18.6. The number of carbonyl (C=O) groups excluding carboxylic acids is 1. The first-order valence-electron chi connectivity index (χ1n) is 9.92. The van der Waals surface area contributed by atoms with Gasteiger partial charge in [-0.25, -0.2) is 0 Å². The zero-order valence-corrected chi connectivity index (χ0v) is 15.8. The third-order valence-electron chi connectivity index (χ3n) is 5.61. The molecule has 5 nitrogen and oxygen atoms in total. The van der Waals surface area contributed by atoms with E-state index in [2.05, 4.69) is 11.0 Å². The number of ketones is 1. The second-order valence-electron chi connectivity index (χ2n) is 7.74. The van der Waals surface area contributed by atoms with Crippen molar-refractivity contribution in [1.29, 1.82) is 0 Å². The molecule has 0 N–H and O–H groups in total. The minimum absolute atomic E-state index is 0.139. The Kier molecular flexibility index (Phi) is 5.35. The number of rotatable bonds is 7. The van der Waals surface area contributed by atoms with Crippen molar-refractivity contribution in [1.82, 2.24) is 4.90 Å². The number of likely N-dealkylation sites (tertiary alicyclic amines) is 1. The highest BCUT2D eigenvalue weighted by atomic mass is 16.6. The summed E-state index contributed by atoms with van der Waals surface area (Å²) in [5, 5.41) is 11.4. The van der Waals surface area contributed by atoms with Crippen molar-refractivity contribution in [3.8, 4) is 0 Å². The fourth-order valence-electron chi connectivity index (χ4n) is 3.89. The number of hydrogen-bond donors (Lipinski definition) is 0. The molecule has 4 rings (SSSR count). The normalized spacial score (nSPS) is 19.9. The molecule has 1 saturated heterocycles. The third kappa shape index (κ3) is 4.20. The molecule has 2 aliphatic rings. The van der Waals surface area contributed by atoms with Gasteiger partial charge in [-0.3, -0.25) is 19.8 Å². The molecule has 2 fully saturated rings. The summed E-state index contributed by atoms with van der Waals surface area (Å²) in [7, 11) is 0. The molecule has 144 valence electrons. The van der Waals surface area contributed by atoms with Crippen LogP contribution in [0.2, 0.25) is 0 Å². The molecule has 1 heterocycles. The van der Waals surface area contributed by atoms with Gasteiger partial charge in [0.05, 0.1) is 4.92 Å². The molecule has 0 amide bonds. The van der Waals surface area contributed by atoms with E-state index in [9.17, 15) is 14.9 Å². The van der Waals surface area contributed by atoms with Crippen LogP contribution >= 0.6 is 0 Å². The Balaban J connectivity index is 1.58. The first-order chi connectivity index (χ1) is 13.6. The highest BCUT2D eigenvalue weighted by Crippen LogP contribution is 2.33. The van der Waals surface area contributed by atoms with Crippen molar-refractivity contribution in [3.05, 3.63) is 81.4 Å². The molecule has 0 radical (unpaired) electrons. The summed E-state index contributed by atoms with van der Waals surface area (Å²) in [5.41, 5.74) is 1.27. The lowest BCUT2D eigenvalue weighted by Crippen LogP contribution is -2.29. The van der Waals surface area contributed by atoms with E-state index in [1.807, 2.05) is 12.1 Å². The van der Waals surface area contributed by atoms with Crippen LogP contribution in [0, 0.1) is 16.0 Å². The van der Waals surface area contributed by atoms with Crippen molar-refractivity contribution in [2.45, 2.75) is 31.7 Å². The average molecular weight is 376 g/mol. The number of nitro benzene ring substituents is 1. The van der Waals surface area contributed by atoms with E-state index in [0.29, 0.717) is 11.6 Å². The Morgan fingerprint density at radius 1 is 1.14 bits per heavy atom. The summed E-state index contributed by atoms with van der Waals surface area (Å²) in [6, 6.07) is 13.9. The maximum atomic E-state index is 12.8. The lowest BCUT2D eigenvalue weighted by Gasteiger charge is -2.21. The minimum Gasteiger partial charge on any atom is -0.297 e. The van der Waals surface area contributed by atoms with Crippen molar-refractivity contribution >= 4 is 17.5 Å². The van der Waals surface area contributed by atoms with Crippen molar-refractivity contribution < 1.29 is 9.72 Å². The van der Waals surface area contributed by atoms with Crippen LogP contribution in [0.3, 0.4) is 0 Å². The van der Waals surface area contributed by atoms with E-state index in [0.717, 1.165) is 24.4 Å². The van der Waals surface area contributed by atoms with E-state index in [1.54, 1.807) is 36.4 Å². The summed E-state index contributed by atoms with van der Waals surface area (Å²) in [6.45, 7) is 2.32. The Morgan fingerprint density at radius 3 is 2.64 bits per heavy atom. The predicted molar refractivity (Wildman–Crippen MR) is 109 cm³/mol. The van der Waals surface area contributed by atoms with Crippen LogP contribution in [-0.4, -0.2) is 34.7 Å². The minimum atomic E-state index is -0.488. The quantitative estimate of drug-likeness (QED) is 0.399. The van der Waals surface area contributed by atoms with Gasteiger partial charge in [0.15, 0.2) is 5.78 Å². The molecule has 1 atom stereocenters.